The average Bonchev–Trinajstić information content (AvgIpc) is 3.45. The molecule has 28 heavy (non-hydrogen) atoms. The minimum atomic E-state index is -0.193. The topological polar surface area (TPSA) is 89.9 Å². The van der Waals surface area contributed by atoms with Crippen LogP contribution in [-0.4, -0.2) is 42.5 Å². The number of hydrogen-bond donors (Lipinski definition) is 0. The largest absolute Gasteiger partial charge is 0.332 e. The van der Waals surface area contributed by atoms with Gasteiger partial charge in [0.1, 0.15) is 0 Å². The lowest BCUT2D eigenvalue weighted by Gasteiger charge is -2.27. The van der Waals surface area contributed by atoms with Gasteiger partial charge in [0.15, 0.2) is 11.4 Å². The predicted octanol–water partition coefficient (Wildman–Crippen LogP) is 3.37. The van der Waals surface area contributed by atoms with E-state index in [-0.39, 0.29) is 11.8 Å². The fourth-order valence-corrected chi connectivity index (χ4v) is 3.93. The number of hydrogen-bond acceptors (Lipinski definition) is 7. The van der Waals surface area contributed by atoms with E-state index in [9.17, 15) is 4.79 Å². The number of amides is 1. The molecule has 0 radical (unpaired) electrons. The van der Waals surface area contributed by atoms with Crippen molar-refractivity contribution in [3.05, 3.63) is 57.4 Å². The van der Waals surface area contributed by atoms with Gasteiger partial charge in [-0.2, -0.15) is 16.3 Å². The molecule has 8 nitrogen and oxygen atoms in total. The third-order valence-corrected chi connectivity index (χ3v) is 5.59. The van der Waals surface area contributed by atoms with E-state index >= 15 is 0 Å². The van der Waals surface area contributed by atoms with E-state index in [1.807, 2.05) is 41.1 Å². The molecule has 1 aliphatic heterocycles. The maximum Gasteiger partial charge on any atom is 0.281 e. The highest BCUT2D eigenvalue weighted by molar-refractivity contribution is 7.08. The summed E-state index contributed by atoms with van der Waals surface area (Å²) in [5.74, 6) is 0.436. The number of rotatable bonds is 4. The zero-order valence-corrected chi connectivity index (χ0v) is 16.0. The third kappa shape index (κ3) is 2.88. The number of halogens is 1. The van der Waals surface area contributed by atoms with Crippen molar-refractivity contribution in [1.29, 1.82) is 0 Å². The smallest absolute Gasteiger partial charge is 0.281 e. The molecule has 3 aromatic heterocycles. The molecule has 0 bridgehead atoms. The molecule has 0 N–H and O–H groups in total. The molecule has 4 heterocycles. The molecule has 0 atom stereocenters. The highest BCUT2D eigenvalue weighted by atomic mass is 35.5. The van der Waals surface area contributed by atoms with Crippen LogP contribution in [-0.2, 0) is 13.1 Å². The summed E-state index contributed by atoms with van der Waals surface area (Å²) in [5, 5.41) is 16.7. The monoisotopic (exact) mass is 412 g/mol. The lowest BCUT2D eigenvalue weighted by Crippen LogP contribution is -2.40. The Morgan fingerprint density at radius 3 is 2.93 bits per heavy atom. The maximum absolute atomic E-state index is 13.1. The Hall–Kier alpha value is -3.04. The van der Waals surface area contributed by atoms with Crippen molar-refractivity contribution in [2.75, 3.05) is 6.54 Å². The first kappa shape index (κ1) is 17.1. The first-order valence-corrected chi connectivity index (χ1v) is 9.85. The lowest BCUT2D eigenvalue weighted by molar-refractivity contribution is 0.0684. The van der Waals surface area contributed by atoms with Gasteiger partial charge in [-0.05, 0) is 23.1 Å². The molecular formula is C18H13ClN6O2S. The Kier molecular flexibility index (Phi) is 4.18. The van der Waals surface area contributed by atoms with E-state index in [0.717, 1.165) is 11.1 Å². The number of benzene rings is 1. The molecule has 0 aliphatic carbocycles. The normalized spacial score (nSPS) is 13.8. The standard InChI is InChI=1S/C18H13ClN6O2S/c19-13-4-2-1-3-11(13)9-24-6-7-25-15(18(24)26)14(21-23-25)17-20-16(22-27-17)12-5-8-28-10-12/h1-5,8,10H,6-7,9H2. The van der Waals surface area contributed by atoms with Crippen LogP contribution in [0.15, 0.2) is 45.6 Å². The zero-order chi connectivity index (χ0) is 19.1. The molecule has 1 aliphatic rings. The molecule has 1 amide bonds. The van der Waals surface area contributed by atoms with E-state index in [2.05, 4.69) is 20.5 Å². The molecule has 10 heteroatoms. The van der Waals surface area contributed by atoms with Gasteiger partial charge < -0.3 is 9.42 Å². The first-order chi connectivity index (χ1) is 13.7. The van der Waals surface area contributed by atoms with E-state index in [4.69, 9.17) is 16.1 Å². The highest BCUT2D eigenvalue weighted by Gasteiger charge is 2.33. The second-order valence-electron chi connectivity index (χ2n) is 6.26. The molecule has 0 unspecified atom stereocenters. The number of nitrogens with zero attached hydrogens (tertiary/aromatic N) is 6. The summed E-state index contributed by atoms with van der Waals surface area (Å²) in [7, 11) is 0. The zero-order valence-electron chi connectivity index (χ0n) is 14.4. The van der Waals surface area contributed by atoms with Crippen LogP contribution >= 0.6 is 22.9 Å². The average molecular weight is 413 g/mol. The Morgan fingerprint density at radius 1 is 1.21 bits per heavy atom. The second-order valence-corrected chi connectivity index (χ2v) is 7.45. The van der Waals surface area contributed by atoms with Gasteiger partial charge in [-0.3, -0.25) is 4.79 Å². The molecule has 0 spiro atoms. The summed E-state index contributed by atoms with van der Waals surface area (Å²) in [6, 6.07) is 9.38. The number of carbonyl (C=O) groups excluding carboxylic acids is 1. The number of aromatic nitrogens is 5. The summed E-state index contributed by atoms with van der Waals surface area (Å²) in [5.41, 5.74) is 2.38. The summed E-state index contributed by atoms with van der Waals surface area (Å²) in [6.45, 7) is 1.46. The van der Waals surface area contributed by atoms with Gasteiger partial charge in [0.2, 0.25) is 5.82 Å². The predicted molar refractivity (Wildman–Crippen MR) is 103 cm³/mol. The molecular weight excluding hydrogens is 400 g/mol. The number of carbonyl (C=O) groups is 1. The first-order valence-electron chi connectivity index (χ1n) is 8.53. The molecule has 0 saturated carbocycles. The molecule has 140 valence electrons. The van der Waals surface area contributed by atoms with E-state index < -0.39 is 0 Å². The van der Waals surface area contributed by atoms with Crippen LogP contribution < -0.4 is 0 Å². The van der Waals surface area contributed by atoms with Crippen LogP contribution in [0, 0.1) is 0 Å². The SMILES string of the molecule is O=C1c2c(-c3nc(-c4ccsc4)no3)nnn2CCN1Cc1ccccc1Cl. The van der Waals surface area contributed by atoms with Crippen molar-refractivity contribution in [3.8, 4) is 23.0 Å². The van der Waals surface area contributed by atoms with Gasteiger partial charge in [0, 0.05) is 29.1 Å². The fraction of sp³-hybridized carbons (Fsp3) is 0.167. The summed E-state index contributed by atoms with van der Waals surface area (Å²) >= 11 is 7.79. The minimum Gasteiger partial charge on any atom is -0.332 e. The highest BCUT2D eigenvalue weighted by Crippen LogP contribution is 2.28. The second kappa shape index (κ2) is 6.84. The maximum atomic E-state index is 13.1. The minimum absolute atomic E-state index is 0.176. The van der Waals surface area contributed by atoms with Crippen LogP contribution in [0.25, 0.3) is 23.0 Å². The Labute approximate surface area is 168 Å². The van der Waals surface area contributed by atoms with Crippen molar-refractivity contribution in [1.82, 2.24) is 30.0 Å². The van der Waals surface area contributed by atoms with Crippen molar-refractivity contribution in [3.63, 3.8) is 0 Å². The van der Waals surface area contributed by atoms with E-state index in [0.29, 0.717) is 41.9 Å². The number of fused-ring (bicyclic) bond motifs is 1. The van der Waals surface area contributed by atoms with Crippen molar-refractivity contribution >= 4 is 28.8 Å². The summed E-state index contributed by atoms with van der Waals surface area (Å²) < 4.78 is 6.93. The lowest BCUT2D eigenvalue weighted by atomic mass is 10.1. The molecule has 5 rings (SSSR count). The van der Waals surface area contributed by atoms with E-state index in [1.54, 1.807) is 20.9 Å². The Morgan fingerprint density at radius 2 is 2.11 bits per heavy atom. The van der Waals surface area contributed by atoms with Crippen molar-refractivity contribution in [2.45, 2.75) is 13.1 Å². The quantitative estimate of drug-likeness (QED) is 0.510. The van der Waals surface area contributed by atoms with Gasteiger partial charge in [0.05, 0.1) is 6.54 Å². The fourth-order valence-electron chi connectivity index (χ4n) is 3.10. The van der Waals surface area contributed by atoms with Gasteiger partial charge in [0.25, 0.3) is 11.8 Å². The van der Waals surface area contributed by atoms with Gasteiger partial charge in [-0.25, -0.2) is 4.68 Å². The van der Waals surface area contributed by atoms with Crippen molar-refractivity contribution < 1.29 is 9.32 Å². The third-order valence-electron chi connectivity index (χ3n) is 4.53. The molecule has 1 aromatic carbocycles. The van der Waals surface area contributed by atoms with Crippen molar-refractivity contribution in [2.24, 2.45) is 0 Å². The number of thiophene rings is 1. The van der Waals surface area contributed by atoms with Crippen LogP contribution in [0.4, 0.5) is 0 Å². The van der Waals surface area contributed by atoms with Gasteiger partial charge >= 0.3 is 0 Å². The summed E-state index contributed by atoms with van der Waals surface area (Å²) in [6.07, 6.45) is 0. The van der Waals surface area contributed by atoms with Crippen LogP contribution in [0.2, 0.25) is 5.02 Å². The summed E-state index contributed by atoms with van der Waals surface area (Å²) in [4.78, 5) is 19.2. The van der Waals surface area contributed by atoms with Gasteiger partial charge in [-0.15, -0.1) is 5.10 Å². The molecule has 0 fully saturated rings. The van der Waals surface area contributed by atoms with Gasteiger partial charge in [-0.1, -0.05) is 40.2 Å². The van der Waals surface area contributed by atoms with Crippen LogP contribution in [0.5, 0.6) is 0 Å². The molecule has 0 saturated heterocycles. The van der Waals surface area contributed by atoms with E-state index in [1.165, 1.54) is 0 Å². The Balaban J connectivity index is 1.47. The van der Waals surface area contributed by atoms with Crippen LogP contribution in [0.1, 0.15) is 16.1 Å². The molecule has 4 aromatic rings. The van der Waals surface area contributed by atoms with Crippen LogP contribution in [0.3, 0.4) is 0 Å². The Bertz CT molecular complexity index is 1150.